The minimum absolute atomic E-state index is 0.0333. The van der Waals surface area contributed by atoms with E-state index in [0.717, 1.165) is 18.4 Å². The van der Waals surface area contributed by atoms with Crippen LogP contribution in [0.1, 0.15) is 24.8 Å². The average Bonchev–Trinajstić information content (AvgIpc) is 3.33. The number of carbonyl (C=O) groups is 1. The fourth-order valence-corrected chi connectivity index (χ4v) is 5.29. The second kappa shape index (κ2) is 7.43. The Morgan fingerprint density at radius 2 is 1.88 bits per heavy atom. The number of rotatable bonds is 6. The molecule has 5 nitrogen and oxygen atoms in total. The van der Waals surface area contributed by atoms with Crippen LogP contribution in [-0.2, 0) is 21.2 Å². The summed E-state index contributed by atoms with van der Waals surface area (Å²) >= 11 is 12.0. The molecule has 8 heteroatoms. The highest BCUT2D eigenvalue weighted by molar-refractivity contribution is 7.91. The number of likely N-dealkylation sites (N-methyl/N-ethyl adjacent to an activating group) is 1. The molecule has 25 heavy (non-hydrogen) atoms. The summed E-state index contributed by atoms with van der Waals surface area (Å²) in [4.78, 5) is 16.4. The van der Waals surface area contributed by atoms with Gasteiger partial charge in [-0.3, -0.25) is 9.69 Å². The Morgan fingerprint density at radius 1 is 1.16 bits per heavy atom. The van der Waals surface area contributed by atoms with Crippen molar-refractivity contribution in [3.05, 3.63) is 33.8 Å². The van der Waals surface area contributed by atoms with Gasteiger partial charge in [0.15, 0.2) is 9.84 Å². The highest BCUT2D eigenvalue weighted by atomic mass is 35.5. The van der Waals surface area contributed by atoms with Gasteiger partial charge in [-0.05, 0) is 37.0 Å². The molecule has 2 aliphatic rings. The minimum Gasteiger partial charge on any atom is -0.341 e. The molecule has 1 aliphatic carbocycles. The van der Waals surface area contributed by atoms with Crippen molar-refractivity contribution in [2.75, 3.05) is 25.1 Å². The lowest BCUT2D eigenvalue weighted by atomic mass is 10.2. The third kappa shape index (κ3) is 4.88. The predicted molar refractivity (Wildman–Crippen MR) is 99.7 cm³/mol. The van der Waals surface area contributed by atoms with Crippen molar-refractivity contribution in [1.29, 1.82) is 0 Å². The average molecular weight is 405 g/mol. The zero-order chi connectivity index (χ0) is 18.2. The van der Waals surface area contributed by atoms with Crippen LogP contribution in [0.25, 0.3) is 0 Å². The van der Waals surface area contributed by atoms with Crippen LogP contribution in [0.5, 0.6) is 0 Å². The zero-order valence-electron chi connectivity index (χ0n) is 14.1. The first-order valence-corrected chi connectivity index (χ1v) is 11.0. The van der Waals surface area contributed by atoms with Crippen LogP contribution in [0.2, 0.25) is 10.0 Å². The lowest BCUT2D eigenvalue weighted by molar-refractivity contribution is -0.133. The topological polar surface area (TPSA) is 57.7 Å². The Balaban J connectivity index is 1.63. The third-order valence-corrected chi connectivity index (χ3v) is 7.41. The van der Waals surface area contributed by atoms with Crippen LogP contribution in [-0.4, -0.2) is 61.3 Å². The molecule has 0 aromatic heterocycles. The van der Waals surface area contributed by atoms with Gasteiger partial charge in [0.05, 0.1) is 28.1 Å². The van der Waals surface area contributed by atoms with E-state index in [1.807, 2.05) is 12.1 Å². The Bertz CT molecular complexity index is 765. The number of sulfone groups is 1. The van der Waals surface area contributed by atoms with E-state index in [0.29, 0.717) is 29.1 Å². The van der Waals surface area contributed by atoms with Gasteiger partial charge < -0.3 is 4.90 Å². The standard InChI is InChI=1S/C17H22Cl2N2O3S/c1-20(14-6-7-25(23,24)11-14)17(22)10-21(13-3-4-13)9-12-2-5-15(18)16(19)8-12/h2,5,8,13-14H,3-4,6-7,9-11H2,1H3. The summed E-state index contributed by atoms with van der Waals surface area (Å²) in [5.74, 6) is 0.213. The van der Waals surface area contributed by atoms with Gasteiger partial charge in [-0.2, -0.15) is 0 Å². The largest absolute Gasteiger partial charge is 0.341 e. The van der Waals surface area contributed by atoms with Crippen LogP contribution in [0.15, 0.2) is 18.2 Å². The minimum atomic E-state index is -3.00. The summed E-state index contributed by atoms with van der Waals surface area (Å²) < 4.78 is 23.3. The van der Waals surface area contributed by atoms with Crippen molar-refractivity contribution in [2.45, 2.75) is 37.9 Å². The normalized spacial score (nSPS) is 22.3. The summed E-state index contributed by atoms with van der Waals surface area (Å²) in [6.45, 7) is 0.919. The molecule has 138 valence electrons. The smallest absolute Gasteiger partial charge is 0.236 e. The summed E-state index contributed by atoms with van der Waals surface area (Å²) in [5.41, 5.74) is 1.01. The van der Waals surface area contributed by atoms with Crippen molar-refractivity contribution in [2.24, 2.45) is 0 Å². The molecule has 1 unspecified atom stereocenters. The van der Waals surface area contributed by atoms with Crippen LogP contribution in [0.3, 0.4) is 0 Å². The van der Waals surface area contributed by atoms with E-state index in [4.69, 9.17) is 23.2 Å². The maximum absolute atomic E-state index is 12.6. The van der Waals surface area contributed by atoms with Gasteiger partial charge in [0.1, 0.15) is 0 Å². The van der Waals surface area contributed by atoms with Crippen molar-refractivity contribution in [1.82, 2.24) is 9.80 Å². The van der Waals surface area contributed by atoms with Gasteiger partial charge >= 0.3 is 0 Å². The molecule has 1 aromatic rings. The van der Waals surface area contributed by atoms with Gasteiger partial charge in [-0.1, -0.05) is 29.3 Å². The van der Waals surface area contributed by atoms with Crippen LogP contribution >= 0.6 is 23.2 Å². The molecule has 0 spiro atoms. The quantitative estimate of drug-likeness (QED) is 0.730. The first-order chi connectivity index (χ1) is 11.7. The van der Waals surface area contributed by atoms with E-state index in [-0.39, 0.29) is 30.0 Å². The van der Waals surface area contributed by atoms with Crippen molar-refractivity contribution < 1.29 is 13.2 Å². The predicted octanol–water partition coefficient (Wildman–Crippen LogP) is 2.60. The molecule has 1 atom stereocenters. The summed E-state index contributed by atoms with van der Waals surface area (Å²) in [7, 11) is -1.29. The molecule has 0 bridgehead atoms. The van der Waals surface area contributed by atoms with E-state index >= 15 is 0 Å². The number of nitrogens with zero attached hydrogens (tertiary/aromatic N) is 2. The fraction of sp³-hybridized carbons (Fsp3) is 0.588. The fourth-order valence-electron chi connectivity index (χ4n) is 3.20. The van der Waals surface area contributed by atoms with Gasteiger partial charge in [-0.25, -0.2) is 8.42 Å². The first kappa shape index (κ1) is 19.0. The Morgan fingerprint density at radius 3 is 2.44 bits per heavy atom. The molecule has 0 radical (unpaired) electrons. The first-order valence-electron chi connectivity index (χ1n) is 8.39. The second-order valence-corrected chi connectivity index (χ2v) is 9.99. The van der Waals surface area contributed by atoms with E-state index in [1.165, 1.54) is 0 Å². The zero-order valence-corrected chi connectivity index (χ0v) is 16.4. The van der Waals surface area contributed by atoms with Crippen LogP contribution in [0, 0.1) is 0 Å². The Hall–Kier alpha value is -0.820. The maximum Gasteiger partial charge on any atom is 0.236 e. The van der Waals surface area contributed by atoms with Crippen LogP contribution in [0.4, 0.5) is 0 Å². The number of amides is 1. The summed E-state index contributed by atoms with van der Waals surface area (Å²) in [6.07, 6.45) is 2.69. The van der Waals surface area contributed by atoms with E-state index in [9.17, 15) is 13.2 Å². The second-order valence-electron chi connectivity index (χ2n) is 6.95. The molecule has 0 N–H and O–H groups in total. The molecule has 3 rings (SSSR count). The molecular formula is C17H22Cl2N2O3S. The number of halogens is 2. The molecular weight excluding hydrogens is 383 g/mol. The van der Waals surface area contributed by atoms with Gasteiger partial charge in [0, 0.05) is 25.7 Å². The number of benzene rings is 1. The monoisotopic (exact) mass is 404 g/mol. The number of hydrogen-bond acceptors (Lipinski definition) is 4. The van der Waals surface area contributed by atoms with Gasteiger partial charge in [-0.15, -0.1) is 0 Å². The number of hydrogen-bond donors (Lipinski definition) is 0. The molecule has 1 aliphatic heterocycles. The summed E-state index contributed by atoms with van der Waals surface area (Å²) in [6, 6.07) is 5.71. The number of carbonyl (C=O) groups excluding carboxylic acids is 1. The molecule has 1 saturated heterocycles. The van der Waals surface area contributed by atoms with Gasteiger partial charge in [0.25, 0.3) is 0 Å². The Labute approximate surface area is 158 Å². The SMILES string of the molecule is CN(C(=O)CN(Cc1ccc(Cl)c(Cl)c1)C1CC1)C1CCS(=O)(=O)C1. The molecule has 1 aromatic carbocycles. The van der Waals surface area contributed by atoms with Gasteiger partial charge in [0.2, 0.25) is 5.91 Å². The van der Waals surface area contributed by atoms with E-state index < -0.39 is 9.84 Å². The lowest BCUT2D eigenvalue weighted by Crippen LogP contribution is -2.44. The van der Waals surface area contributed by atoms with Crippen molar-refractivity contribution >= 4 is 38.9 Å². The van der Waals surface area contributed by atoms with E-state index in [2.05, 4.69) is 4.90 Å². The maximum atomic E-state index is 12.6. The molecule has 1 saturated carbocycles. The molecule has 2 fully saturated rings. The molecule has 1 heterocycles. The molecule has 1 amide bonds. The lowest BCUT2D eigenvalue weighted by Gasteiger charge is -2.28. The highest BCUT2D eigenvalue weighted by Crippen LogP contribution is 2.30. The van der Waals surface area contributed by atoms with E-state index in [1.54, 1.807) is 18.0 Å². The van der Waals surface area contributed by atoms with Crippen molar-refractivity contribution in [3.63, 3.8) is 0 Å². The van der Waals surface area contributed by atoms with Crippen LogP contribution < -0.4 is 0 Å². The summed E-state index contributed by atoms with van der Waals surface area (Å²) in [5, 5.41) is 1.02. The highest BCUT2D eigenvalue weighted by Gasteiger charge is 2.35. The third-order valence-electron chi connectivity index (χ3n) is 4.92. The van der Waals surface area contributed by atoms with Crippen molar-refractivity contribution in [3.8, 4) is 0 Å². The Kier molecular flexibility index (Phi) is 5.63.